The lowest BCUT2D eigenvalue weighted by atomic mass is 9.73. The van der Waals surface area contributed by atoms with Gasteiger partial charge in [0, 0.05) is 28.8 Å². The molecule has 0 fully saturated rings. The molecule has 0 saturated heterocycles. The maximum atomic E-state index is 13.5. The summed E-state index contributed by atoms with van der Waals surface area (Å²) in [5.74, 6) is 0.434. The number of hydrogen-bond donors (Lipinski definition) is 3. The molecule has 7 heteroatoms. The minimum Gasteiger partial charge on any atom is -0.504 e. The van der Waals surface area contributed by atoms with Crippen molar-refractivity contribution in [3.05, 3.63) is 92.2 Å². The number of aromatic hydroxyl groups is 1. The molecule has 0 spiro atoms. The van der Waals surface area contributed by atoms with Crippen LogP contribution >= 0.6 is 22.6 Å². The van der Waals surface area contributed by atoms with Gasteiger partial charge in [0.25, 0.3) is 0 Å². The third-order valence-electron chi connectivity index (χ3n) is 6.72. The molecular formula is C29H27IN2O4. The van der Waals surface area contributed by atoms with Crippen molar-refractivity contribution < 1.29 is 19.4 Å². The Kier molecular flexibility index (Phi) is 6.28. The van der Waals surface area contributed by atoms with Crippen LogP contribution in [0.4, 0.5) is 11.4 Å². The standard InChI is InChI=1S/C29H27IN2O4/c1-29(2)14-22-25(23(33)15-29)26(18-11-19(30)28(35)24(13-18)36-3)32-20-10-9-17(12-21(20)31-22)27(34)16-7-5-4-6-8-16/h4-13,26,31-32,35H,14-15H2,1-3H3/t26-/m0/s1. The van der Waals surface area contributed by atoms with E-state index in [0.717, 1.165) is 22.6 Å². The molecule has 3 aromatic carbocycles. The van der Waals surface area contributed by atoms with E-state index in [9.17, 15) is 14.7 Å². The summed E-state index contributed by atoms with van der Waals surface area (Å²) < 4.78 is 6.04. The zero-order chi connectivity index (χ0) is 25.6. The molecule has 0 aromatic heterocycles. The molecule has 1 atom stereocenters. The summed E-state index contributed by atoms with van der Waals surface area (Å²) in [5.41, 5.74) is 4.85. The molecule has 36 heavy (non-hydrogen) atoms. The van der Waals surface area contributed by atoms with E-state index in [1.807, 2.05) is 36.4 Å². The smallest absolute Gasteiger partial charge is 0.193 e. The van der Waals surface area contributed by atoms with Crippen LogP contribution in [0, 0.1) is 8.99 Å². The van der Waals surface area contributed by atoms with Gasteiger partial charge in [0.15, 0.2) is 23.1 Å². The number of methoxy groups -OCH3 is 1. The number of allylic oxidation sites excluding steroid dienone is 1. The van der Waals surface area contributed by atoms with Crippen molar-refractivity contribution in [2.75, 3.05) is 17.7 Å². The Balaban J connectivity index is 1.64. The minimum atomic E-state index is -0.448. The molecule has 184 valence electrons. The number of phenolic OH excluding ortho intramolecular Hbond substituents is 1. The zero-order valence-electron chi connectivity index (χ0n) is 20.3. The van der Waals surface area contributed by atoms with Gasteiger partial charge in [-0.25, -0.2) is 0 Å². The molecule has 1 aliphatic heterocycles. The lowest BCUT2D eigenvalue weighted by molar-refractivity contribution is -0.118. The Morgan fingerprint density at radius 3 is 2.50 bits per heavy atom. The summed E-state index contributed by atoms with van der Waals surface area (Å²) in [6.07, 6.45) is 1.13. The average Bonchev–Trinajstić information content (AvgIpc) is 3.01. The van der Waals surface area contributed by atoms with Gasteiger partial charge >= 0.3 is 0 Å². The van der Waals surface area contributed by atoms with Crippen molar-refractivity contribution in [1.82, 2.24) is 0 Å². The number of halogens is 1. The van der Waals surface area contributed by atoms with Crippen LogP contribution < -0.4 is 15.4 Å². The number of rotatable bonds is 4. The first-order valence-electron chi connectivity index (χ1n) is 11.8. The van der Waals surface area contributed by atoms with Gasteiger partial charge in [0.2, 0.25) is 0 Å². The van der Waals surface area contributed by atoms with E-state index in [1.165, 1.54) is 7.11 Å². The molecule has 0 saturated carbocycles. The molecule has 0 radical (unpaired) electrons. The van der Waals surface area contributed by atoms with E-state index in [0.29, 0.717) is 38.9 Å². The van der Waals surface area contributed by atoms with Crippen LogP contribution in [0.25, 0.3) is 0 Å². The van der Waals surface area contributed by atoms with Crippen LogP contribution in [0.1, 0.15) is 54.2 Å². The Morgan fingerprint density at radius 1 is 1.03 bits per heavy atom. The van der Waals surface area contributed by atoms with Gasteiger partial charge in [0.1, 0.15) is 0 Å². The predicted octanol–water partition coefficient (Wildman–Crippen LogP) is 6.46. The second kappa shape index (κ2) is 9.28. The van der Waals surface area contributed by atoms with Gasteiger partial charge < -0.3 is 20.5 Å². The van der Waals surface area contributed by atoms with E-state index < -0.39 is 6.04 Å². The quantitative estimate of drug-likeness (QED) is 0.238. The maximum absolute atomic E-state index is 13.5. The fraction of sp³-hybridized carbons (Fsp3) is 0.241. The van der Waals surface area contributed by atoms with Crippen molar-refractivity contribution in [2.45, 2.75) is 32.7 Å². The second-order valence-electron chi connectivity index (χ2n) is 10.0. The summed E-state index contributed by atoms with van der Waals surface area (Å²) in [4.78, 5) is 26.7. The Hall–Kier alpha value is -3.33. The third kappa shape index (κ3) is 4.48. The monoisotopic (exact) mass is 594 g/mol. The molecule has 1 heterocycles. The number of carbonyl (C=O) groups excluding carboxylic acids is 2. The first-order chi connectivity index (χ1) is 17.2. The van der Waals surface area contributed by atoms with E-state index in [2.05, 4.69) is 47.1 Å². The van der Waals surface area contributed by atoms with E-state index in [-0.39, 0.29) is 22.7 Å². The highest BCUT2D eigenvalue weighted by Gasteiger charge is 2.39. The summed E-state index contributed by atoms with van der Waals surface area (Å²) in [6, 6.07) is 17.9. The van der Waals surface area contributed by atoms with Crippen molar-refractivity contribution in [2.24, 2.45) is 5.41 Å². The van der Waals surface area contributed by atoms with Gasteiger partial charge in [0.05, 0.1) is 28.1 Å². The van der Waals surface area contributed by atoms with Crippen LogP contribution in [0.15, 0.2) is 71.9 Å². The lowest BCUT2D eigenvalue weighted by Gasteiger charge is -2.34. The number of ketones is 2. The number of carbonyl (C=O) groups is 2. The number of ether oxygens (including phenoxy) is 1. The van der Waals surface area contributed by atoms with Gasteiger partial charge in [-0.2, -0.15) is 0 Å². The van der Waals surface area contributed by atoms with Crippen LogP contribution in [0.3, 0.4) is 0 Å². The maximum Gasteiger partial charge on any atom is 0.193 e. The SMILES string of the molecule is COc1cc([C@@H]2Nc3ccc(C(=O)c4ccccc4)cc3NC3=C2C(=O)CC(C)(C)C3)cc(I)c1O. The molecule has 2 aliphatic rings. The second-order valence-corrected chi connectivity index (χ2v) is 11.2. The molecule has 5 rings (SSSR count). The molecule has 3 aromatic rings. The number of fused-ring (bicyclic) bond motifs is 1. The van der Waals surface area contributed by atoms with Gasteiger partial charge in [-0.05, 0) is 70.3 Å². The first-order valence-corrected chi connectivity index (χ1v) is 12.8. The largest absolute Gasteiger partial charge is 0.504 e. The summed E-state index contributed by atoms with van der Waals surface area (Å²) >= 11 is 2.07. The van der Waals surface area contributed by atoms with E-state index >= 15 is 0 Å². The highest BCUT2D eigenvalue weighted by molar-refractivity contribution is 14.1. The van der Waals surface area contributed by atoms with Gasteiger partial charge in [-0.1, -0.05) is 44.2 Å². The topological polar surface area (TPSA) is 87.7 Å². The molecule has 1 aliphatic carbocycles. The molecule has 0 unspecified atom stereocenters. The van der Waals surface area contributed by atoms with Crippen molar-refractivity contribution in [3.63, 3.8) is 0 Å². The molecular weight excluding hydrogens is 567 g/mol. The first kappa shape index (κ1) is 24.4. The fourth-order valence-corrected chi connectivity index (χ4v) is 5.63. The van der Waals surface area contributed by atoms with Crippen LogP contribution in [-0.4, -0.2) is 23.8 Å². The van der Waals surface area contributed by atoms with Crippen molar-refractivity contribution >= 4 is 45.5 Å². The summed E-state index contributed by atoms with van der Waals surface area (Å²) in [6.45, 7) is 4.18. The van der Waals surface area contributed by atoms with E-state index in [4.69, 9.17) is 4.74 Å². The molecule has 0 bridgehead atoms. The number of phenols is 1. The van der Waals surface area contributed by atoms with Crippen LogP contribution in [0.2, 0.25) is 0 Å². The Bertz CT molecular complexity index is 1410. The van der Waals surface area contributed by atoms with Crippen molar-refractivity contribution in [3.8, 4) is 11.5 Å². The normalized spacial score (nSPS) is 18.3. The van der Waals surface area contributed by atoms with Crippen LogP contribution in [0.5, 0.6) is 11.5 Å². The predicted molar refractivity (Wildman–Crippen MR) is 149 cm³/mol. The highest BCUT2D eigenvalue weighted by atomic mass is 127. The molecule has 0 amide bonds. The Labute approximate surface area is 223 Å². The molecule has 6 nitrogen and oxygen atoms in total. The zero-order valence-corrected chi connectivity index (χ0v) is 22.5. The number of anilines is 2. The molecule has 3 N–H and O–H groups in total. The van der Waals surface area contributed by atoms with E-state index in [1.54, 1.807) is 24.3 Å². The number of hydrogen-bond acceptors (Lipinski definition) is 6. The lowest BCUT2D eigenvalue weighted by Crippen LogP contribution is -2.31. The van der Waals surface area contributed by atoms with Crippen LogP contribution in [-0.2, 0) is 4.79 Å². The highest BCUT2D eigenvalue weighted by Crippen LogP contribution is 2.47. The third-order valence-corrected chi connectivity index (χ3v) is 7.54. The fourth-order valence-electron chi connectivity index (χ4n) is 5.01. The number of nitrogens with one attached hydrogen (secondary N) is 2. The van der Waals surface area contributed by atoms with Gasteiger partial charge in [-0.15, -0.1) is 0 Å². The number of benzene rings is 3. The van der Waals surface area contributed by atoms with Crippen molar-refractivity contribution in [1.29, 1.82) is 0 Å². The summed E-state index contributed by atoms with van der Waals surface area (Å²) in [5, 5.41) is 17.4. The minimum absolute atomic E-state index is 0.0620. The van der Waals surface area contributed by atoms with Gasteiger partial charge in [-0.3, -0.25) is 9.59 Å². The Morgan fingerprint density at radius 2 is 1.78 bits per heavy atom. The number of Topliss-reactive ketones (excluding diaryl/α,β-unsaturated/α-hetero) is 1. The summed E-state index contributed by atoms with van der Waals surface area (Å²) in [7, 11) is 1.51. The average molecular weight is 594 g/mol.